The van der Waals surface area contributed by atoms with Crippen LogP contribution >= 0.6 is 11.6 Å². The highest BCUT2D eigenvalue weighted by Gasteiger charge is 2.30. The Hall–Kier alpha value is -3.12. The van der Waals surface area contributed by atoms with Crippen molar-refractivity contribution in [2.24, 2.45) is 0 Å². The van der Waals surface area contributed by atoms with Gasteiger partial charge in [0, 0.05) is 30.0 Å². The van der Waals surface area contributed by atoms with Crippen molar-refractivity contribution >= 4 is 48.9 Å². The van der Waals surface area contributed by atoms with Gasteiger partial charge in [0.15, 0.2) is 0 Å². The van der Waals surface area contributed by atoms with E-state index >= 15 is 0 Å². The number of anilines is 2. The highest BCUT2D eigenvalue weighted by atomic mass is 35.5. The van der Waals surface area contributed by atoms with Crippen LogP contribution in [-0.4, -0.2) is 47.2 Å². The average Bonchev–Trinajstić information content (AvgIpc) is 3.42. The fourth-order valence-corrected chi connectivity index (χ4v) is 6.98. The number of ether oxygens (including phenoxy) is 1. The van der Waals surface area contributed by atoms with Crippen LogP contribution in [0.15, 0.2) is 70.5 Å². The summed E-state index contributed by atoms with van der Waals surface area (Å²) in [7, 11) is -6.29. The van der Waals surface area contributed by atoms with E-state index in [1.807, 2.05) is 0 Å². The molecule has 3 aromatic carbocycles. The number of carbonyl (C=O) groups excluding carboxylic acids is 1. The maximum atomic E-state index is 13.1. The van der Waals surface area contributed by atoms with Gasteiger partial charge in [-0.05, 0) is 79.9 Å². The van der Waals surface area contributed by atoms with Gasteiger partial charge in [0.25, 0.3) is 15.9 Å². The van der Waals surface area contributed by atoms with Crippen LogP contribution in [0.3, 0.4) is 0 Å². The molecule has 0 radical (unpaired) electrons. The van der Waals surface area contributed by atoms with Crippen molar-refractivity contribution in [2.75, 3.05) is 30.2 Å². The summed E-state index contributed by atoms with van der Waals surface area (Å²) in [4.78, 5) is 12.9. The molecule has 1 saturated heterocycles. The first-order valence-corrected chi connectivity index (χ1v) is 14.7. The molecule has 37 heavy (non-hydrogen) atoms. The second-order valence-corrected chi connectivity index (χ2v) is 12.5. The predicted molar refractivity (Wildman–Crippen MR) is 142 cm³/mol. The Kier molecular flexibility index (Phi) is 7.79. The molecule has 2 N–H and O–H groups in total. The molecule has 0 atom stereocenters. The summed E-state index contributed by atoms with van der Waals surface area (Å²) in [5.41, 5.74) is 1.31. The van der Waals surface area contributed by atoms with Crippen LogP contribution in [0, 0.1) is 6.92 Å². The van der Waals surface area contributed by atoms with Crippen LogP contribution in [-0.2, 0) is 20.0 Å². The number of carbonyl (C=O) groups is 1. The Morgan fingerprint density at radius 2 is 1.62 bits per heavy atom. The Bertz CT molecular complexity index is 1540. The van der Waals surface area contributed by atoms with Crippen molar-refractivity contribution in [2.45, 2.75) is 29.6 Å². The third-order valence-electron chi connectivity index (χ3n) is 5.99. The molecule has 196 valence electrons. The lowest BCUT2D eigenvalue weighted by Crippen LogP contribution is -2.28. The van der Waals surface area contributed by atoms with Gasteiger partial charge >= 0.3 is 0 Å². The minimum atomic E-state index is -3.96. The van der Waals surface area contributed by atoms with Gasteiger partial charge in [-0.3, -0.25) is 9.52 Å². The Morgan fingerprint density at radius 3 is 2.27 bits per heavy atom. The number of aryl methyl sites for hydroxylation is 1. The molecule has 3 aromatic rings. The van der Waals surface area contributed by atoms with E-state index < -0.39 is 26.0 Å². The third-order valence-corrected chi connectivity index (χ3v) is 9.75. The number of hydrogen-bond donors (Lipinski definition) is 2. The molecule has 0 bridgehead atoms. The van der Waals surface area contributed by atoms with Crippen LogP contribution in [0.4, 0.5) is 11.4 Å². The molecule has 0 aromatic heterocycles. The summed E-state index contributed by atoms with van der Waals surface area (Å²) in [6.45, 7) is 2.52. The smallest absolute Gasteiger partial charge is 0.261 e. The van der Waals surface area contributed by atoms with Crippen LogP contribution in [0.25, 0.3) is 0 Å². The number of nitrogens with zero attached hydrogens (tertiary/aromatic N) is 1. The minimum absolute atomic E-state index is 0.0253. The quantitative estimate of drug-likeness (QED) is 0.416. The number of sulfonamides is 2. The average molecular weight is 564 g/mol. The zero-order valence-electron chi connectivity index (χ0n) is 20.2. The van der Waals surface area contributed by atoms with E-state index in [9.17, 15) is 21.6 Å². The zero-order valence-corrected chi connectivity index (χ0v) is 22.6. The van der Waals surface area contributed by atoms with Gasteiger partial charge in [-0.15, -0.1) is 0 Å². The number of halogens is 1. The first-order chi connectivity index (χ1) is 17.5. The normalized spacial score (nSPS) is 14.4. The molecule has 9 nitrogen and oxygen atoms in total. The van der Waals surface area contributed by atoms with E-state index in [1.165, 1.54) is 41.7 Å². The van der Waals surface area contributed by atoms with Crippen molar-refractivity contribution < 1.29 is 26.4 Å². The summed E-state index contributed by atoms with van der Waals surface area (Å²) in [6.07, 6.45) is 1.53. The third kappa shape index (κ3) is 5.90. The summed E-state index contributed by atoms with van der Waals surface area (Å²) in [6, 6.07) is 14.8. The SMILES string of the molecule is COc1ccc(NS(=O)(=O)c2ccc(C)c(NC(=O)c3ccc(Cl)c(S(=O)(=O)N4CCCC4)c3)c2)cc1. The first-order valence-electron chi connectivity index (χ1n) is 11.4. The van der Waals surface area contributed by atoms with Crippen LogP contribution in [0.1, 0.15) is 28.8 Å². The maximum Gasteiger partial charge on any atom is 0.261 e. The number of amides is 1. The van der Waals surface area contributed by atoms with E-state index in [4.69, 9.17) is 16.3 Å². The molecule has 4 rings (SSSR count). The zero-order chi connectivity index (χ0) is 26.8. The second-order valence-electron chi connectivity index (χ2n) is 8.52. The molecular weight excluding hydrogens is 538 g/mol. The lowest BCUT2D eigenvalue weighted by atomic mass is 10.1. The fourth-order valence-electron chi connectivity index (χ4n) is 3.88. The van der Waals surface area contributed by atoms with Crippen molar-refractivity contribution in [3.05, 3.63) is 76.8 Å². The lowest BCUT2D eigenvalue weighted by molar-refractivity contribution is 0.102. The molecule has 1 heterocycles. The van der Waals surface area contributed by atoms with Gasteiger partial charge in [0.2, 0.25) is 10.0 Å². The van der Waals surface area contributed by atoms with Crippen molar-refractivity contribution in [1.82, 2.24) is 4.31 Å². The van der Waals surface area contributed by atoms with Gasteiger partial charge in [0.05, 0.1) is 17.0 Å². The summed E-state index contributed by atoms with van der Waals surface area (Å²) in [5, 5.41) is 2.71. The summed E-state index contributed by atoms with van der Waals surface area (Å²) >= 11 is 6.19. The monoisotopic (exact) mass is 563 g/mol. The molecule has 0 aliphatic carbocycles. The van der Waals surface area contributed by atoms with Gasteiger partial charge in [-0.2, -0.15) is 4.31 Å². The number of nitrogens with one attached hydrogen (secondary N) is 2. The summed E-state index contributed by atoms with van der Waals surface area (Å²) in [5.74, 6) is -0.0165. The lowest BCUT2D eigenvalue weighted by Gasteiger charge is -2.17. The number of hydrogen-bond acceptors (Lipinski definition) is 6. The van der Waals surface area contributed by atoms with E-state index in [1.54, 1.807) is 37.3 Å². The molecule has 0 spiro atoms. The Morgan fingerprint density at radius 1 is 0.946 bits per heavy atom. The number of rotatable bonds is 8. The molecular formula is C25H26ClN3O6S2. The number of methoxy groups -OCH3 is 1. The topological polar surface area (TPSA) is 122 Å². The Balaban J connectivity index is 1.58. The summed E-state index contributed by atoms with van der Waals surface area (Å²) < 4.78 is 60.9. The first kappa shape index (κ1) is 26.9. The fraction of sp³-hybridized carbons (Fsp3) is 0.240. The highest BCUT2D eigenvalue weighted by Crippen LogP contribution is 2.29. The van der Waals surface area contributed by atoms with E-state index in [0.717, 1.165) is 12.8 Å². The maximum absolute atomic E-state index is 13.1. The minimum Gasteiger partial charge on any atom is -0.497 e. The van der Waals surface area contributed by atoms with Gasteiger partial charge < -0.3 is 10.1 Å². The molecule has 1 amide bonds. The van der Waals surface area contributed by atoms with Crippen molar-refractivity contribution in [3.8, 4) is 5.75 Å². The molecule has 1 aliphatic rings. The highest BCUT2D eigenvalue weighted by molar-refractivity contribution is 7.92. The van der Waals surface area contributed by atoms with Crippen LogP contribution in [0.5, 0.6) is 5.75 Å². The van der Waals surface area contributed by atoms with Crippen molar-refractivity contribution in [1.29, 1.82) is 0 Å². The molecule has 1 fully saturated rings. The van der Waals surface area contributed by atoms with Gasteiger partial charge in [0.1, 0.15) is 10.6 Å². The molecule has 1 aliphatic heterocycles. The van der Waals surface area contributed by atoms with E-state index in [-0.39, 0.29) is 26.1 Å². The standard InChI is InChI=1S/C25H26ClN3O6S2/c1-17-5-11-21(36(31,32)28-19-7-9-20(35-2)10-8-19)16-23(17)27-25(30)18-6-12-22(26)24(15-18)37(33,34)29-13-3-4-14-29/h5-12,15-16,28H,3-4,13-14H2,1-2H3,(H,27,30). The second kappa shape index (κ2) is 10.7. The van der Waals surface area contributed by atoms with Gasteiger partial charge in [-0.25, -0.2) is 16.8 Å². The molecule has 0 saturated carbocycles. The van der Waals surface area contributed by atoms with Crippen LogP contribution in [0.2, 0.25) is 5.02 Å². The predicted octanol–water partition coefficient (Wildman–Crippen LogP) is 4.49. The van der Waals surface area contributed by atoms with Crippen molar-refractivity contribution in [3.63, 3.8) is 0 Å². The molecule has 12 heteroatoms. The van der Waals surface area contributed by atoms with E-state index in [2.05, 4.69) is 10.0 Å². The molecule has 0 unspecified atom stereocenters. The Labute approximate surface area is 221 Å². The van der Waals surface area contributed by atoms with E-state index in [0.29, 0.717) is 30.1 Å². The largest absolute Gasteiger partial charge is 0.497 e. The van der Waals surface area contributed by atoms with Crippen LogP contribution < -0.4 is 14.8 Å². The number of benzene rings is 3. The van der Waals surface area contributed by atoms with Gasteiger partial charge in [-0.1, -0.05) is 17.7 Å².